The molecule has 4 heterocycles. The number of aryl methyl sites for hydroxylation is 1. The maximum absolute atomic E-state index is 4.62. The van der Waals surface area contributed by atoms with Crippen molar-refractivity contribution in [2.75, 3.05) is 18.0 Å². The van der Waals surface area contributed by atoms with Crippen molar-refractivity contribution in [3.63, 3.8) is 0 Å². The second-order valence-electron chi connectivity index (χ2n) is 6.80. The first-order valence-electron chi connectivity index (χ1n) is 8.96. The average molecular weight is 344 g/mol. The molecule has 26 heavy (non-hydrogen) atoms. The van der Waals surface area contributed by atoms with Gasteiger partial charge in [0, 0.05) is 49.5 Å². The Morgan fingerprint density at radius 2 is 1.81 bits per heavy atom. The van der Waals surface area contributed by atoms with Crippen LogP contribution in [0.25, 0.3) is 27.7 Å². The first-order chi connectivity index (χ1) is 12.8. The Balaban J connectivity index is 1.59. The number of benzene rings is 1. The Kier molecular flexibility index (Phi) is 3.48. The molecule has 0 N–H and O–H groups in total. The Morgan fingerprint density at radius 1 is 0.923 bits per heavy atom. The minimum absolute atomic E-state index is 1.03. The molecule has 0 amide bonds. The lowest BCUT2D eigenvalue weighted by Gasteiger charge is -2.17. The summed E-state index contributed by atoms with van der Waals surface area (Å²) in [7, 11) is 1.93. The van der Waals surface area contributed by atoms with Crippen LogP contribution in [0.3, 0.4) is 0 Å². The molecule has 1 saturated heterocycles. The molecule has 1 aliphatic rings. The van der Waals surface area contributed by atoms with Crippen molar-refractivity contribution in [3.05, 3.63) is 55.1 Å². The van der Waals surface area contributed by atoms with Crippen molar-refractivity contribution in [2.24, 2.45) is 7.05 Å². The van der Waals surface area contributed by atoms with E-state index in [4.69, 9.17) is 0 Å². The molecule has 6 heteroatoms. The number of nitrogens with zero attached hydrogens (tertiary/aromatic N) is 6. The molecule has 0 unspecified atom stereocenters. The number of rotatable bonds is 3. The Bertz CT molecular complexity index is 1070. The molecule has 1 aliphatic heterocycles. The first-order valence-corrected chi connectivity index (χ1v) is 8.96. The highest BCUT2D eigenvalue weighted by Crippen LogP contribution is 2.27. The molecular weight excluding hydrogens is 324 g/mol. The highest BCUT2D eigenvalue weighted by Gasteiger charge is 2.15. The summed E-state index contributed by atoms with van der Waals surface area (Å²) in [4.78, 5) is 6.90. The van der Waals surface area contributed by atoms with Crippen molar-refractivity contribution in [1.29, 1.82) is 0 Å². The molecule has 3 aromatic heterocycles. The van der Waals surface area contributed by atoms with Crippen LogP contribution in [0, 0.1) is 0 Å². The number of aromatic nitrogens is 5. The minimum Gasteiger partial charge on any atom is -0.357 e. The van der Waals surface area contributed by atoms with Crippen molar-refractivity contribution in [1.82, 2.24) is 24.5 Å². The summed E-state index contributed by atoms with van der Waals surface area (Å²) < 4.78 is 3.82. The highest BCUT2D eigenvalue weighted by atomic mass is 15.3. The smallest absolute Gasteiger partial charge is 0.130 e. The average Bonchev–Trinajstić information content (AvgIpc) is 3.42. The van der Waals surface area contributed by atoms with E-state index < -0.39 is 0 Å². The van der Waals surface area contributed by atoms with Gasteiger partial charge in [0.2, 0.25) is 0 Å². The van der Waals surface area contributed by atoms with Crippen LogP contribution in [0.5, 0.6) is 0 Å². The summed E-state index contributed by atoms with van der Waals surface area (Å²) in [5.41, 5.74) is 4.38. The molecule has 0 spiro atoms. The third kappa shape index (κ3) is 2.54. The standard InChI is InChI=1S/C20H20N6/c1-24-14-17(13-22-24)15-4-5-16-12-23-26(19(16)10-15)18-6-7-21-20(11-18)25-8-2-3-9-25/h4-7,10-14H,2-3,8-9H2,1H3. The van der Waals surface area contributed by atoms with Gasteiger partial charge in [-0.05, 0) is 30.5 Å². The zero-order chi connectivity index (χ0) is 17.5. The minimum atomic E-state index is 1.03. The lowest BCUT2D eigenvalue weighted by atomic mass is 10.1. The highest BCUT2D eigenvalue weighted by molar-refractivity contribution is 5.85. The lowest BCUT2D eigenvalue weighted by molar-refractivity contribution is 0.768. The second-order valence-corrected chi connectivity index (χ2v) is 6.80. The SMILES string of the molecule is Cn1cc(-c2ccc3cnn(-c4ccnc(N5CCCC5)c4)c3c2)cn1. The summed E-state index contributed by atoms with van der Waals surface area (Å²) in [6.45, 7) is 2.17. The summed E-state index contributed by atoms with van der Waals surface area (Å²) >= 11 is 0. The molecule has 1 fully saturated rings. The van der Waals surface area contributed by atoms with Gasteiger partial charge in [0.25, 0.3) is 0 Å². The largest absolute Gasteiger partial charge is 0.357 e. The number of pyridine rings is 1. The molecular formula is C20H20N6. The van der Waals surface area contributed by atoms with Crippen molar-refractivity contribution in [2.45, 2.75) is 12.8 Å². The van der Waals surface area contributed by atoms with Gasteiger partial charge in [-0.1, -0.05) is 12.1 Å². The third-order valence-electron chi connectivity index (χ3n) is 5.01. The van der Waals surface area contributed by atoms with Crippen LogP contribution in [0.1, 0.15) is 12.8 Å². The number of anilines is 1. The van der Waals surface area contributed by atoms with E-state index in [1.807, 2.05) is 47.3 Å². The monoisotopic (exact) mass is 344 g/mol. The number of hydrogen-bond donors (Lipinski definition) is 0. The third-order valence-corrected chi connectivity index (χ3v) is 5.01. The van der Waals surface area contributed by atoms with Gasteiger partial charge in [-0.15, -0.1) is 0 Å². The molecule has 0 aliphatic carbocycles. The number of hydrogen-bond acceptors (Lipinski definition) is 4. The van der Waals surface area contributed by atoms with E-state index in [-0.39, 0.29) is 0 Å². The molecule has 0 saturated carbocycles. The molecule has 0 atom stereocenters. The zero-order valence-electron chi connectivity index (χ0n) is 14.7. The summed E-state index contributed by atoms with van der Waals surface area (Å²) in [5.74, 6) is 1.03. The molecule has 0 bridgehead atoms. The van der Waals surface area contributed by atoms with Gasteiger partial charge in [0.15, 0.2) is 0 Å². The zero-order valence-corrected chi connectivity index (χ0v) is 14.7. The van der Waals surface area contributed by atoms with Gasteiger partial charge in [-0.2, -0.15) is 10.2 Å². The van der Waals surface area contributed by atoms with E-state index in [1.54, 1.807) is 0 Å². The molecule has 130 valence electrons. The molecule has 5 rings (SSSR count). The Morgan fingerprint density at radius 3 is 2.62 bits per heavy atom. The fourth-order valence-electron chi connectivity index (χ4n) is 3.63. The molecule has 4 aromatic rings. The van der Waals surface area contributed by atoms with Crippen LogP contribution in [0.4, 0.5) is 5.82 Å². The molecule has 6 nitrogen and oxygen atoms in total. The van der Waals surface area contributed by atoms with E-state index >= 15 is 0 Å². The Labute approximate surface area is 151 Å². The van der Waals surface area contributed by atoms with Gasteiger partial charge >= 0.3 is 0 Å². The van der Waals surface area contributed by atoms with Gasteiger partial charge in [0.1, 0.15) is 5.82 Å². The van der Waals surface area contributed by atoms with E-state index in [0.717, 1.165) is 46.6 Å². The maximum Gasteiger partial charge on any atom is 0.130 e. The van der Waals surface area contributed by atoms with Crippen molar-refractivity contribution in [3.8, 4) is 16.8 Å². The van der Waals surface area contributed by atoms with Crippen LogP contribution >= 0.6 is 0 Å². The van der Waals surface area contributed by atoms with Crippen LogP contribution in [0.15, 0.2) is 55.1 Å². The topological polar surface area (TPSA) is 51.8 Å². The van der Waals surface area contributed by atoms with Crippen LogP contribution < -0.4 is 4.90 Å². The van der Waals surface area contributed by atoms with Crippen molar-refractivity contribution < 1.29 is 0 Å². The van der Waals surface area contributed by atoms with Crippen molar-refractivity contribution >= 4 is 16.7 Å². The van der Waals surface area contributed by atoms with Gasteiger partial charge in [-0.3, -0.25) is 4.68 Å². The van der Waals surface area contributed by atoms with Gasteiger partial charge < -0.3 is 4.90 Å². The van der Waals surface area contributed by atoms with Gasteiger partial charge in [-0.25, -0.2) is 9.67 Å². The first kappa shape index (κ1) is 15.1. The van der Waals surface area contributed by atoms with Crippen LogP contribution in [0.2, 0.25) is 0 Å². The molecule has 1 aromatic carbocycles. The quantitative estimate of drug-likeness (QED) is 0.571. The van der Waals surface area contributed by atoms with Gasteiger partial charge in [0.05, 0.1) is 23.6 Å². The summed E-state index contributed by atoms with van der Waals surface area (Å²) in [6.07, 6.45) is 10.2. The maximum atomic E-state index is 4.62. The Hall–Kier alpha value is -3.15. The predicted molar refractivity (Wildman–Crippen MR) is 103 cm³/mol. The lowest BCUT2D eigenvalue weighted by Crippen LogP contribution is -2.19. The normalized spacial score (nSPS) is 14.4. The fraction of sp³-hybridized carbons (Fsp3) is 0.250. The van der Waals surface area contributed by atoms with E-state index in [0.29, 0.717) is 0 Å². The van der Waals surface area contributed by atoms with E-state index in [9.17, 15) is 0 Å². The summed E-state index contributed by atoms with van der Waals surface area (Å²) in [5, 5.41) is 10.0. The second kappa shape index (κ2) is 5.98. The van der Waals surface area contributed by atoms with E-state index in [1.165, 1.54) is 12.8 Å². The summed E-state index contributed by atoms with van der Waals surface area (Å²) in [6, 6.07) is 10.6. The molecule has 0 radical (unpaired) electrons. The fourth-order valence-corrected chi connectivity index (χ4v) is 3.63. The number of fused-ring (bicyclic) bond motifs is 1. The van der Waals surface area contributed by atoms with Crippen LogP contribution in [-0.2, 0) is 7.05 Å². The predicted octanol–water partition coefficient (Wildman–Crippen LogP) is 3.42. The van der Waals surface area contributed by atoms with E-state index in [2.05, 4.69) is 44.3 Å². The van der Waals surface area contributed by atoms with Crippen LogP contribution in [-0.4, -0.2) is 37.6 Å².